The molecule has 2 aliphatic rings. The second-order valence-electron chi connectivity index (χ2n) is 5.22. The molecule has 0 aromatic rings. The number of carbonyl (C=O) groups excluding carboxylic acids is 1. The first-order valence-corrected chi connectivity index (χ1v) is 7.00. The predicted octanol–water partition coefficient (Wildman–Crippen LogP) is 0.426. The smallest absolute Gasteiger partial charge is 0.249 e. The summed E-state index contributed by atoms with van der Waals surface area (Å²) in [6.07, 6.45) is 4.93. The molecule has 0 aromatic carbocycles. The van der Waals surface area contributed by atoms with E-state index < -0.39 is 0 Å². The zero-order valence-corrected chi connectivity index (χ0v) is 10.9. The number of ether oxygens (including phenoxy) is 2. The summed E-state index contributed by atoms with van der Waals surface area (Å²) in [4.78, 5) is 11.7. The third kappa shape index (κ3) is 4.55. The van der Waals surface area contributed by atoms with Gasteiger partial charge in [-0.3, -0.25) is 4.79 Å². The number of amides is 1. The largest absolute Gasteiger partial charge is 0.381 e. The van der Waals surface area contributed by atoms with Crippen molar-refractivity contribution in [1.29, 1.82) is 0 Å². The molecule has 0 radical (unpaired) electrons. The normalized spacial score (nSPS) is 27.4. The topological polar surface area (TPSA) is 73.6 Å². The van der Waals surface area contributed by atoms with Crippen LogP contribution in [0.15, 0.2) is 0 Å². The van der Waals surface area contributed by atoms with Crippen molar-refractivity contribution in [1.82, 2.24) is 5.32 Å². The van der Waals surface area contributed by atoms with Gasteiger partial charge >= 0.3 is 0 Å². The van der Waals surface area contributed by atoms with E-state index in [-0.39, 0.29) is 18.1 Å². The van der Waals surface area contributed by atoms with Crippen LogP contribution in [-0.4, -0.2) is 44.4 Å². The summed E-state index contributed by atoms with van der Waals surface area (Å²) in [5.74, 6) is 0.799. The predicted molar refractivity (Wildman–Crippen MR) is 68.1 cm³/mol. The zero-order chi connectivity index (χ0) is 12.8. The highest BCUT2D eigenvalue weighted by Gasteiger charge is 2.29. The summed E-state index contributed by atoms with van der Waals surface area (Å²) in [6.45, 7) is 2.78. The number of nitrogens with two attached hydrogens (primary N) is 1. The molecule has 18 heavy (non-hydrogen) atoms. The fourth-order valence-electron chi connectivity index (χ4n) is 2.11. The highest BCUT2D eigenvalue weighted by Crippen LogP contribution is 2.28. The van der Waals surface area contributed by atoms with Crippen LogP contribution in [0.5, 0.6) is 0 Å². The van der Waals surface area contributed by atoms with Gasteiger partial charge in [0, 0.05) is 26.3 Å². The molecular formula is C13H24N2O3. The molecule has 0 spiro atoms. The molecule has 0 aromatic heterocycles. The van der Waals surface area contributed by atoms with E-state index in [4.69, 9.17) is 15.2 Å². The molecular weight excluding hydrogens is 232 g/mol. The molecule has 2 fully saturated rings. The van der Waals surface area contributed by atoms with Gasteiger partial charge in [0.1, 0.15) is 6.10 Å². The molecule has 2 rings (SSSR count). The molecule has 3 N–H and O–H groups in total. The summed E-state index contributed by atoms with van der Waals surface area (Å²) in [6, 6.07) is 0. The van der Waals surface area contributed by atoms with Crippen molar-refractivity contribution in [3.63, 3.8) is 0 Å². The minimum absolute atomic E-state index is 0.00635. The molecule has 0 bridgehead atoms. The van der Waals surface area contributed by atoms with E-state index in [1.807, 2.05) is 0 Å². The molecule has 1 amide bonds. The van der Waals surface area contributed by atoms with Gasteiger partial charge in [-0.2, -0.15) is 0 Å². The Morgan fingerprint density at radius 2 is 2.17 bits per heavy atom. The average molecular weight is 256 g/mol. The number of nitrogens with one attached hydrogen (secondary N) is 1. The number of rotatable bonds is 8. The fourth-order valence-corrected chi connectivity index (χ4v) is 2.11. The SMILES string of the molecule is NC[C@H]1CC[C@@H](C(=O)NCCCOCC2CC2)O1. The Kier molecular flexibility index (Phi) is 5.41. The first kappa shape index (κ1) is 13.8. The van der Waals surface area contributed by atoms with Gasteiger partial charge in [-0.25, -0.2) is 0 Å². The van der Waals surface area contributed by atoms with Crippen LogP contribution in [0.25, 0.3) is 0 Å². The third-order valence-corrected chi connectivity index (χ3v) is 3.48. The highest BCUT2D eigenvalue weighted by atomic mass is 16.5. The minimum atomic E-state index is -0.300. The number of carbonyl (C=O) groups is 1. The van der Waals surface area contributed by atoms with Crippen LogP contribution >= 0.6 is 0 Å². The quantitative estimate of drug-likeness (QED) is 0.618. The van der Waals surface area contributed by atoms with Crippen LogP contribution in [0.2, 0.25) is 0 Å². The van der Waals surface area contributed by atoms with Gasteiger partial charge in [0.25, 0.3) is 0 Å². The first-order chi connectivity index (χ1) is 8.79. The Morgan fingerprint density at radius 3 is 2.83 bits per heavy atom. The van der Waals surface area contributed by atoms with Gasteiger partial charge in [-0.15, -0.1) is 0 Å². The van der Waals surface area contributed by atoms with Crippen LogP contribution in [0, 0.1) is 5.92 Å². The fraction of sp³-hybridized carbons (Fsp3) is 0.923. The molecule has 5 heteroatoms. The number of hydrogen-bond donors (Lipinski definition) is 2. The van der Waals surface area contributed by atoms with Crippen LogP contribution in [0.4, 0.5) is 0 Å². The van der Waals surface area contributed by atoms with Crippen molar-refractivity contribution < 1.29 is 14.3 Å². The van der Waals surface area contributed by atoms with Gasteiger partial charge in [0.05, 0.1) is 6.10 Å². The standard InChI is InChI=1S/C13H24N2O3/c14-8-11-4-5-12(18-11)13(16)15-6-1-7-17-9-10-2-3-10/h10-12H,1-9,14H2,(H,15,16)/t11-,12+/m1/s1. The van der Waals surface area contributed by atoms with Gasteiger partial charge in [0.15, 0.2) is 0 Å². The molecule has 1 aliphatic heterocycles. The van der Waals surface area contributed by atoms with Crippen molar-refractivity contribution in [3.05, 3.63) is 0 Å². The lowest BCUT2D eigenvalue weighted by atomic mass is 10.2. The highest BCUT2D eigenvalue weighted by molar-refractivity contribution is 5.80. The zero-order valence-electron chi connectivity index (χ0n) is 10.9. The van der Waals surface area contributed by atoms with E-state index in [0.717, 1.165) is 38.4 Å². The Bertz CT molecular complexity index is 269. The number of hydrogen-bond acceptors (Lipinski definition) is 4. The molecule has 1 saturated carbocycles. The molecule has 1 saturated heterocycles. The molecule has 1 heterocycles. The van der Waals surface area contributed by atoms with Crippen LogP contribution in [-0.2, 0) is 14.3 Å². The summed E-state index contributed by atoms with van der Waals surface area (Å²) in [7, 11) is 0. The van der Waals surface area contributed by atoms with E-state index in [1.54, 1.807) is 0 Å². The van der Waals surface area contributed by atoms with Gasteiger partial charge < -0.3 is 20.5 Å². The van der Waals surface area contributed by atoms with Crippen LogP contribution in [0.1, 0.15) is 32.1 Å². The van der Waals surface area contributed by atoms with Crippen molar-refractivity contribution in [2.75, 3.05) is 26.3 Å². The van der Waals surface area contributed by atoms with E-state index in [0.29, 0.717) is 13.1 Å². The lowest BCUT2D eigenvalue weighted by Crippen LogP contribution is -2.36. The Labute approximate surface area is 108 Å². The average Bonchev–Trinajstić information content (AvgIpc) is 3.07. The Hall–Kier alpha value is -0.650. The van der Waals surface area contributed by atoms with Crippen molar-refractivity contribution in [2.24, 2.45) is 11.7 Å². The lowest BCUT2D eigenvalue weighted by Gasteiger charge is -2.12. The monoisotopic (exact) mass is 256 g/mol. The van der Waals surface area contributed by atoms with Gasteiger partial charge in [-0.1, -0.05) is 0 Å². The van der Waals surface area contributed by atoms with E-state index in [9.17, 15) is 4.79 Å². The molecule has 0 unspecified atom stereocenters. The maximum absolute atomic E-state index is 11.7. The maximum atomic E-state index is 11.7. The Balaban J connectivity index is 1.46. The third-order valence-electron chi connectivity index (χ3n) is 3.48. The Morgan fingerprint density at radius 1 is 1.33 bits per heavy atom. The van der Waals surface area contributed by atoms with E-state index in [1.165, 1.54) is 12.8 Å². The van der Waals surface area contributed by atoms with E-state index in [2.05, 4.69) is 5.32 Å². The summed E-state index contributed by atoms with van der Waals surface area (Å²) in [5, 5.41) is 2.89. The first-order valence-electron chi connectivity index (χ1n) is 7.00. The second-order valence-corrected chi connectivity index (χ2v) is 5.22. The van der Waals surface area contributed by atoms with Gasteiger partial charge in [-0.05, 0) is 38.0 Å². The van der Waals surface area contributed by atoms with Crippen LogP contribution in [0.3, 0.4) is 0 Å². The van der Waals surface area contributed by atoms with Crippen molar-refractivity contribution >= 4 is 5.91 Å². The lowest BCUT2D eigenvalue weighted by molar-refractivity contribution is -0.131. The molecule has 2 atom stereocenters. The molecule has 5 nitrogen and oxygen atoms in total. The van der Waals surface area contributed by atoms with Crippen LogP contribution < -0.4 is 11.1 Å². The van der Waals surface area contributed by atoms with Crippen molar-refractivity contribution in [2.45, 2.75) is 44.3 Å². The summed E-state index contributed by atoms with van der Waals surface area (Å²) >= 11 is 0. The minimum Gasteiger partial charge on any atom is -0.381 e. The van der Waals surface area contributed by atoms with Gasteiger partial charge in [0.2, 0.25) is 5.91 Å². The van der Waals surface area contributed by atoms with E-state index >= 15 is 0 Å². The molecule has 104 valence electrons. The maximum Gasteiger partial charge on any atom is 0.249 e. The molecule has 1 aliphatic carbocycles. The summed E-state index contributed by atoms with van der Waals surface area (Å²) < 4.78 is 11.0. The second kappa shape index (κ2) is 7.07. The van der Waals surface area contributed by atoms with Crippen molar-refractivity contribution in [3.8, 4) is 0 Å². The summed E-state index contributed by atoms with van der Waals surface area (Å²) in [5.41, 5.74) is 5.51.